The molecule has 1 saturated heterocycles. The molecule has 1 aliphatic rings. The van der Waals surface area contributed by atoms with E-state index in [0.717, 1.165) is 23.6 Å². The number of rotatable bonds is 5. The topological polar surface area (TPSA) is 41.1 Å². The van der Waals surface area contributed by atoms with E-state index in [4.69, 9.17) is 11.6 Å². The molecule has 1 heterocycles. The highest BCUT2D eigenvalue weighted by Crippen LogP contribution is 2.23. The van der Waals surface area contributed by atoms with Crippen molar-refractivity contribution < 1.29 is 4.79 Å². The molecule has 1 aliphatic heterocycles. The summed E-state index contributed by atoms with van der Waals surface area (Å²) in [6.45, 7) is 5.27. The van der Waals surface area contributed by atoms with Crippen LogP contribution in [0.1, 0.15) is 44.7 Å². The van der Waals surface area contributed by atoms with E-state index in [-0.39, 0.29) is 24.4 Å². The molecular weight excluding hydrogens is 307 g/mol. The van der Waals surface area contributed by atoms with Crippen molar-refractivity contribution in [2.75, 3.05) is 6.54 Å². The van der Waals surface area contributed by atoms with Crippen molar-refractivity contribution in [1.29, 1.82) is 0 Å². The van der Waals surface area contributed by atoms with Gasteiger partial charge in [0.05, 0.1) is 6.04 Å². The van der Waals surface area contributed by atoms with Crippen LogP contribution in [0.25, 0.3) is 0 Å². The number of carbonyl (C=O) groups is 1. The molecule has 2 rings (SSSR count). The highest BCUT2D eigenvalue weighted by Gasteiger charge is 2.22. The molecule has 0 radical (unpaired) electrons. The minimum absolute atomic E-state index is 0. The van der Waals surface area contributed by atoms with Gasteiger partial charge in [-0.1, -0.05) is 37.6 Å². The Bertz CT molecular complexity index is 442. The quantitative estimate of drug-likeness (QED) is 0.863. The second kappa shape index (κ2) is 8.62. The van der Waals surface area contributed by atoms with Gasteiger partial charge in [-0.2, -0.15) is 0 Å². The van der Waals surface area contributed by atoms with Gasteiger partial charge in [-0.05, 0) is 43.0 Å². The molecule has 5 heteroatoms. The second-order valence-corrected chi connectivity index (χ2v) is 6.27. The van der Waals surface area contributed by atoms with Gasteiger partial charge in [-0.25, -0.2) is 0 Å². The van der Waals surface area contributed by atoms with E-state index < -0.39 is 0 Å². The molecule has 1 amide bonds. The Labute approximate surface area is 138 Å². The van der Waals surface area contributed by atoms with Crippen molar-refractivity contribution in [3.8, 4) is 0 Å². The Morgan fingerprint density at radius 1 is 1.38 bits per heavy atom. The van der Waals surface area contributed by atoms with Gasteiger partial charge in [-0.3, -0.25) is 4.79 Å². The maximum absolute atomic E-state index is 12.2. The fourth-order valence-electron chi connectivity index (χ4n) is 2.69. The van der Waals surface area contributed by atoms with E-state index >= 15 is 0 Å². The first-order valence-electron chi connectivity index (χ1n) is 7.34. The number of hydrogen-bond acceptors (Lipinski definition) is 2. The van der Waals surface area contributed by atoms with Crippen molar-refractivity contribution in [3.63, 3.8) is 0 Å². The van der Waals surface area contributed by atoms with Gasteiger partial charge in [0.25, 0.3) is 0 Å². The van der Waals surface area contributed by atoms with Crippen LogP contribution in [0, 0.1) is 5.92 Å². The minimum atomic E-state index is 0. The summed E-state index contributed by atoms with van der Waals surface area (Å²) in [4.78, 5) is 12.2. The Balaban J connectivity index is 0.00000220. The van der Waals surface area contributed by atoms with Gasteiger partial charge in [0.2, 0.25) is 5.91 Å². The van der Waals surface area contributed by atoms with Crippen LogP contribution in [0.2, 0.25) is 5.02 Å². The van der Waals surface area contributed by atoms with Gasteiger partial charge in [0.15, 0.2) is 0 Å². The molecule has 2 N–H and O–H groups in total. The molecule has 0 aliphatic carbocycles. The van der Waals surface area contributed by atoms with Crippen LogP contribution in [0.5, 0.6) is 0 Å². The normalized spacial score (nSPS) is 19.1. The first-order chi connectivity index (χ1) is 9.56. The van der Waals surface area contributed by atoms with Gasteiger partial charge < -0.3 is 10.6 Å². The average molecular weight is 331 g/mol. The molecule has 0 saturated carbocycles. The van der Waals surface area contributed by atoms with E-state index in [1.165, 1.54) is 6.42 Å². The summed E-state index contributed by atoms with van der Waals surface area (Å²) >= 11 is 5.92. The van der Waals surface area contributed by atoms with E-state index in [2.05, 4.69) is 24.5 Å². The van der Waals surface area contributed by atoms with Crippen LogP contribution in [-0.2, 0) is 4.79 Å². The number of carbonyl (C=O) groups excluding carboxylic acids is 1. The molecule has 1 aromatic rings. The summed E-state index contributed by atoms with van der Waals surface area (Å²) in [6, 6.07) is 8.10. The molecule has 21 heavy (non-hydrogen) atoms. The Morgan fingerprint density at radius 2 is 2.05 bits per heavy atom. The third-order valence-corrected chi connectivity index (χ3v) is 4.06. The van der Waals surface area contributed by atoms with Gasteiger partial charge >= 0.3 is 0 Å². The lowest BCUT2D eigenvalue weighted by atomic mass is 9.95. The summed E-state index contributed by atoms with van der Waals surface area (Å²) in [5.41, 5.74) is 1.11. The van der Waals surface area contributed by atoms with E-state index in [1.807, 2.05) is 24.3 Å². The van der Waals surface area contributed by atoms with E-state index in [9.17, 15) is 4.79 Å². The standard InChI is InChI=1S/C16H23ClN2O.ClH/c1-11(2)16(12-5-7-13(17)8-6-12)19-15(20)10-14-4-3-9-18-14;/h5-8,11,14,16,18H,3-4,9-10H2,1-2H3,(H,19,20);1H. The molecule has 0 aromatic heterocycles. The van der Waals surface area contributed by atoms with Crippen molar-refractivity contribution in [2.45, 2.75) is 45.2 Å². The highest BCUT2D eigenvalue weighted by molar-refractivity contribution is 6.30. The lowest BCUT2D eigenvalue weighted by Crippen LogP contribution is -2.36. The number of nitrogens with one attached hydrogen (secondary N) is 2. The van der Waals surface area contributed by atoms with E-state index in [0.29, 0.717) is 18.4 Å². The lowest BCUT2D eigenvalue weighted by molar-refractivity contribution is -0.122. The number of benzene rings is 1. The summed E-state index contributed by atoms with van der Waals surface area (Å²) in [6.07, 6.45) is 2.83. The zero-order valence-electron chi connectivity index (χ0n) is 12.6. The molecule has 118 valence electrons. The molecule has 0 spiro atoms. The molecule has 3 nitrogen and oxygen atoms in total. The van der Waals surface area contributed by atoms with Crippen molar-refractivity contribution in [3.05, 3.63) is 34.9 Å². The Morgan fingerprint density at radius 3 is 2.57 bits per heavy atom. The molecule has 1 aromatic carbocycles. The zero-order valence-corrected chi connectivity index (χ0v) is 14.1. The third-order valence-electron chi connectivity index (χ3n) is 3.81. The van der Waals surface area contributed by atoms with E-state index in [1.54, 1.807) is 0 Å². The van der Waals surface area contributed by atoms with Gasteiger partial charge in [-0.15, -0.1) is 12.4 Å². The smallest absolute Gasteiger partial charge is 0.222 e. The maximum atomic E-state index is 12.2. The van der Waals surface area contributed by atoms with Gasteiger partial charge in [0.1, 0.15) is 0 Å². The van der Waals surface area contributed by atoms with Gasteiger partial charge in [0, 0.05) is 17.5 Å². The Hall–Kier alpha value is -0.770. The summed E-state index contributed by atoms with van der Waals surface area (Å²) < 4.78 is 0. The van der Waals surface area contributed by atoms with Crippen LogP contribution >= 0.6 is 24.0 Å². The predicted molar refractivity (Wildman–Crippen MR) is 90.1 cm³/mol. The maximum Gasteiger partial charge on any atom is 0.222 e. The van der Waals surface area contributed by atoms with Crippen molar-refractivity contribution in [2.24, 2.45) is 5.92 Å². The molecule has 1 fully saturated rings. The summed E-state index contributed by atoms with van der Waals surface area (Å²) in [7, 11) is 0. The van der Waals surface area contributed by atoms with Crippen LogP contribution in [0.15, 0.2) is 24.3 Å². The minimum Gasteiger partial charge on any atom is -0.349 e. The number of amides is 1. The van der Waals surface area contributed by atoms with Crippen LogP contribution in [0.4, 0.5) is 0 Å². The van der Waals surface area contributed by atoms with Crippen LogP contribution < -0.4 is 10.6 Å². The van der Waals surface area contributed by atoms with Crippen molar-refractivity contribution in [1.82, 2.24) is 10.6 Å². The van der Waals surface area contributed by atoms with Crippen molar-refractivity contribution >= 4 is 29.9 Å². The lowest BCUT2D eigenvalue weighted by Gasteiger charge is -2.24. The first kappa shape index (κ1) is 18.3. The molecule has 2 atom stereocenters. The third kappa shape index (κ3) is 5.50. The highest BCUT2D eigenvalue weighted by atomic mass is 35.5. The van der Waals surface area contributed by atoms with Crippen LogP contribution in [-0.4, -0.2) is 18.5 Å². The number of halogens is 2. The Kier molecular flexibility index (Phi) is 7.50. The first-order valence-corrected chi connectivity index (χ1v) is 7.72. The number of hydrogen-bond donors (Lipinski definition) is 2. The second-order valence-electron chi connectivity index (χ2n) is 5.84. The fraction of sp³-hybridized carbons (Fsp3) is 0.562. The summed E-state index contributed by atoms with van der Waals surface area (Å²) in [5, 5.41) is 7.24. The summed E-state index contributed by atoms with van der Waals surface area (Å²) in [5.74, 6) is 0.467. The monoisotopic (exact) mass is 330 g/mol. The molecule has 2 unspecified atom stereocenters. The zero-order chi connectivity index (χ0) is 14.5. The predicted octanol–water partition coefficient (Wildman–Crippen LogP) is 3.72. The SMILES string of the molecule is CC(C)C(NC(=O)CC1CCCN1)c1ccc(Cl)cc1.Cl. The van der Waals surface area contributed by atoms with Crippen LogP contribution in [0.3, 0.4) is 0 Å². The average Bonchev–Trinajstić information content (AvgIpc) is 2.90. The molecular formula is C16H24Cl2N2O. The molecule has 0 bridgehead atoms. The fourth-order valence-corrected chi connectivity index (χ4v) is 2.82. The largest absolute Gasteiger partial charge is 0.349 e.